The number of fused-ring (bicyclic) bond motifs is 1. The van der Waals surface area contributed by atoms with Gasteiger partial charge < -0.3 is 15.0 Å². The molecule has 2 amide bonds. The Morgan fingerprint density at radius 3 is 2.90 bits per heavy atom. The third kappa shape index (κ3) is 4.08. The normalized spacial score (nSPS) is 21.1. The van der Waals surface area contributed by atoms with E-state index in [0.717, 1.165) is 11.3 Å². The Hall–Kier alpha value is -3.35. The van der Waals surface area contributed by atoms with Crippen molar-refractivity contribution in [2.45, 2.75) is 32.0 Å². The number of aromatic nitrogens is 2. The average molecular weight is 392 g/mol. The number of rotatable bonds is 4. The molecule has 1 aliphatic carbocycles. The van der Waals surface area contributed by atoms with Crippen molar-refractivity contribution in [2.24, 2.45) is 0 Å². The van der Waals surface area contributed by atoms with E-state index in [0.29, 0.717) is 18.5 Å². The van der Waals surface area contributed by atoms with E-state index in [4.69, 9.17) is 4.74 Å². The van der Waals surface area contributed by atoms with Crippen LogP contribution in [0.2, 0.25) is 0 Å². The van der Waals surface area contributed by atoms with E-state index in [-0.39, 0.29) is 24.5 Å². The first-order valence-corrected chi connectivity index (χ1v) is 9.66. The van der Waals surface area contributed by atoms with Gasteiger partial charge >= 0.3 is 0 Å². The molecule has 7 nitrogen and oxygen atoms in total. The van der Waals surface area contributed by atoms with Crippen molar-refractivity contribution in [1.29, 1.82) is 0 Å². The summed E-state index contributed by atoms with van der Waals surface area (Å²) >= 11 is 0. The summed E-state index contributed by atoms with van der Waals surface area (Å²) in [5.74, 6) is 0.257. The monoisotopic (exact) mass is 392 g/mol. The highest BCUT2D eigenvalue weighted by molar-refractivity contribution is 5.97. The van der Waals surface area contributed by atoms with Crippen LogP contribution in [0, 0.1) is 6.92 Å². The van der Waals surface area contributed by atoms with Gasteiger partial charge in [-0.05, 0) is 25.0 Å². The molecule has 1 saturated heterocycles. The van der Waals surface area contributed by atoms with Gasteiger partial charge in [0.2, 0.25) is 5.91 Å². The fourth-order valence-electron chi connectivity index (χ4n) is 3.53. The first-order valence-electron chi connectivity index (χ1n) is 9.66. The Morgan fingerprint density at radius 1 is 1.31 bits per heavy atom. The number of nitrogens with one attached hydrogen (secondary N) is 1. The van der Waals surface area contributed by atoms with Crippen molar-refractivity contribution >= 4 is 11.8 Å². The molecule has 1 unspecified atom stereocenters. The standard InChI is InChI=1S/C22H24N4O3/c1-15-7-9-16(10-8-15)12-26-13-17(11-23-26)21(27)24-18-14-29-20-6-4-3-5-19(20)25(2)22(18)28/h3-4,6-11,13,18-19H,5,12,14H2,1-2H3,(H,24,27)/t18-,19?/m0/s1. The molecule has 2 aliphatic rings. The summed E-state index contributed by atoms with van der Waals surface area (Å²) in [5.41, 5.74) is 2.71. The minimum atomic E-state index is -0.737. The average Bonchev–Trinajstić information content (AvgIpc) is 3.16. The molecule has 1 aromatic carbocycles. The minimum absolute atomic E-state index is 0.114. The molecule has 2 heterocycles. The lowest BCUT2D eigenvalue weighted by Crippen LogP contribution is -2.50. The molecule has 1 fully saturated rings. The molecule has 150 valence electrons. The molecule has 2 atom stereocenters. The first kappa shape index (κ1) is 19.0. The number of carbonyl (C=O) groups excluding carboxylic acids is 2. The van der Waals surface area contributed by atoms with Gasteiger partial charge in [0.15, 0.2) is 0 Å². The predicted octanol–water partition coefficient (Wildman–Crippen LogP) is 2.04. The second-order valence-electron chi connectivity index (χ2n) is 7.45. The van der Waals surface area contributed by atoms with Gasteiger partial charge in [0, 0.05) is 13.2 Å². The summed E-state index contributed by atoms with van der Waals surface area (Å²) in [4.78, 5) is 27.1. The lowest BCUT2D eigenvalue weighted by molar-refractivity contribution is -0.132. The summed E-state index contributed by atoms with van der Waals surface area (Å²) in [5, 5.41) is 7.06. The van der Waals surface area contributed by atoms with Crippen LogP contribution in [0.4, 0.5) is 0 Å². The number of nitrogens with zero attached hydrogens (tertiary/aromatic N) is 3. The number of ether oxygens (including phenoxy) is 1. The Kier molecular flexibility index (Phi) is 5.20. The smallest absolute Gasteiger partial charge is 0.255 e. The van der Waals surface area contributed by atoms with Gasteiger partial charge in [0.25, 0.3) is 5.91 Å². The van der Waals surface area contributed by atoms with E-state index in [1.165, 1.54) is 11.8 Å². The number of benzene rings is 1. The quantitative estimate of drug-likeness (QED) is 0.864. The lowest BCUT2D eigenvalue weighted by atomic mass is 10.1. The van der Waals surface area contributed by atoms with Crippen LogP contribution in [0.25, 0.3) is 0 Å². The van der Waals surface area contributed by atoms with Gasteiger partial charge in [-0.2, -0.15) is 5.10 Å². The van der Waals surface area contributed by atoms with Gasteiger partial charge in [-0.25, -0.2) is 0 Å². The first-order chi connectivity index (χ1) is 14.0. The van der Waals surface area contributed by atoms with Crippen LogP contribution in [-0.2, 0) is 16.1 Å². The number of hydrogen-bond acceptors (Lipinski definition) is 4. The Bertz CT molecular complexity index is 974. The van der Waals surface area contributed by atoms with Gasteiger partial charge in [-0.15, -0.1) is 0 Å². The fourth-order valence-corrected chi connectivity index (χ4v) is 3.53. The largest absolute Gasteiger partial charge is 0.493 e. The number of hydrogen-bond donors (Lipinski definition) is 1. The van der Waals surface area contributed by atoms with E-state index >= 15 is 0 Å². The van der Waals surface area contributed by atoms with Crippen molar-refractivity contribution in [2.75, 3.05) is 13.7 Å². The van der Waals surface area contributed by atoms with Gasteiger partial charge in [0.05, 0.1) is 24.3 Å². The van der Waals surface area contributed by atoms with Crippen LogP contribution in [0.1, 0.15) is 27.9 Å². The van der Waals surface area contributed by atoms with E-state index in [9.17, 15) is 9.59 Å². The van der Waals surface area contributed by atoms with Crippen LogP contribution < -0.4 is 5.32 Å². The molecule has 29 heavy (non-hydrogen) atoms. The third-order valence-corrected chi connectivity index (χ3v) is 5.28. The van der Waals surface area contributed by atoms with Crippen molar-refractivity contribution in [1.82, 2.24) is 20.0 Å². The zero-order chi connectivity index (χ0) is 20.4. The molecule has 0 bridgehead atoms. The van der Waals surface area contributed by atoms with Crippen LogP contribution >= 0.6 is 0 Å². The molecule has 4 rings (SSSR count). The molecule has 0 spiro atoms. The molecule has 7 heteroatoms. The second kappa shape index (κ2) is 7.95. The summed E-state index contributed by atoms with van der Waals surface area (Å²) in [6.45, 7) is 2.73. The summed E-state index contributed by atoms with van der Waals surface area (Å²) in [6, 6.07) is 7.31. The summed E-state index contributed by atoms with van der Waals surface area (Å²) in [6.07, 6.45) is 9.71. The zero-order valence-corrected chi connectivity index (χ0v) is 16.5. The van der Waals surface area contributed by atoms with E-state index in [1.54, 1.807) is 22.8 Å². The molecule has 2 aromatic rings. The van der Waals surface area contributed by atoms with Crippen LogP contribution in [0.5, 0.6) is 0 Å². The molecular formula is C22H24N4O3. The van der Waals surface area contributed by atoms with Gasteiger partial charge in [-0.3, -0.25) is 14.3 Å². The van der Waals surface area contributed by atoms with E-state index in [2.05, 4.69) is 10.4 Å². The van der Waals surface area contributed by atoms with Crippen molar-refractivity contribution in [3.05, 3.63) is 77.3 Å². The van der Waals surface area contributed by atoms with Crippen molar-refractivity contribution in [3.63, 3.8) is 0 Å². The molecule has 1 aliphatic heterocycles. The lowest BCUT2D eigenvalue weighted by Gasteiger charge is -2.27. The summed E-state index contributed by atoms with van der Waals surface area (Å²) < 4.78 is 7.51. The highest BCUT2D eigenvalue weighted by atomic mass is 16.5. The Balaban J connectivity index is 1.42. The van der Waals surface area contributed by atoms with Crippen LogP contribution in [0.15, 0.2) is 60.6 Å². The number of amides is 2. The maximum Gasteiger partial charge on any atom is 0.255 e. The zero-order valence-electron chi connectivity index (χ0n) is 16.5. The number of carbonyl (C=O) groups is 2. The number of allylic oxidation sites excluding steroid dienone is 2. The minimum Gasteiger partial charge on any atom is -0.493 e. The fraction of sp³-hybridized carbons (Fsp3) is 0.318. The Morgan fingerprint density at radius 2 is 2.10 bits per heavy atom. The van der Waals surface area contributed by atoms with Crippen molar-refractivity contribution in [3.8, 4) is 0 Å². The highest BCUT2D eigenvalue weighted by Gasteiger charge is 2.35. The van der Waals surface area contributed by atoms with Crippen LogP contribution in [-0.4, -0.2) is 52.2 Å². The van der Waals surface area contributed by atoms with E-state index in [1.807, 2.05) is 49.4 Å². The Labute approximate surface area is 169 Å². The predicted molar refractivity (Wildman–Crippen MR) is 108 cm³/mol. The maximum atomic E-state index is 12.8. The van der Waals surface area contributed by atoms with Crippen molar-refractivity contribution < 1.29 is 14.3 Å². The molecule has 0 saturated carbocycles. The van der Waals surface area contributed by atoms with Gasteiger partial charge in [-0.1, -0.05) is 42.0 Å². The molecule has 1 N–H and O–H groups in total. The topological polar surface area (TPSA) is 76.5 Å². The third-order valence-electron chi connectivity index (χ3n) is 5.28. The van der Waals surface area contributed by atoms with E-state index < -0.39 is 6.04 Å². The highest BCUT2D eigenvalue weighted by Crippen LogP contribution is 2.23. The van der Waals surface area contributed by atoms with Gasteiger partial charge in [0.1, 0.15) is 18.4 Å². The molecule has 0 radical (unpaired) electrons. The maximum absolute atomic E-state index is 12.8. The summed E-state index contributed by atoms with van der Waals surface area (Å²) in [7, 11) is 1.74. The second-order valence-corrected chi connectivity index (χ2v) is 7.45. The SMILES string of the molecule is Cc1ccc(Cn2cc(C(=O)N[C@H]3COC4=CC=CCC4N(C)C3=O)cn2)cc1. The number of aryl methyl sites for hydroxylation is 1. The van der Waals surface area contributed by atoms with Crippen LogP contribution in [0.3, 0.4) is 0 Å². The molecular weight excluding hydrogens is 368 g/mol. The molecule has 1 aromatic heterocycles. The number of likely N-dealkylation sites (N-methyl/N-ethyl adjacent to an activating group) is 1.